The van der Waals surface area contributed by atoms with Gasteiger partial charge in [-0.2, -0.15) is 0 Å². The van der Waals surface area contributed by atoms with E-state index in [1.165, 1.54) is 55.8 Å². The van der Waals surface area contributed by atoms with Gasteiger partial charge in [-0.25, -0.2) is 0 Å². The molecule has 1 aliphatic heterocycles. The SMILES string of the molecule is CCC1(CC)c2cc(/C=C/c3ccc(-c4cc(C5=CCCC=C5)ccc4N4c5ccccc5Oc5ccccc54)cc3)ccc2-c2ccc(N(c3ccccc3)c3ccccc3)cc21. The van der Waals surface area contributed by atoms with E-state index in [1.807, 2.05) is 12.1 Å². The Hall–Kier alpha value is -7.62. The highest BCUT2D eigenvalue weighted by molar-refractivity contribution is 5.95. The Morgan fingerprint density at radius 1 is 0.500 bits per heavy atom. The molecule has 11 rings (SSSR count). The van der Waals surface area contributed by atoms with Gasteiger partial charge in [0, 0.05) is 28.0 Å². The summed E-state index contributed by atoms with van der Waals surface area (Å²) in [6.07, 6.45) is 15.6. The third-order valence-electron chi connectivity index (χ3n) is 13.6. The second-order valence-electron chi connectivity index (χ2n) is 17.0. The molecule has 310 valence electrons. The molecule has 2 aliphatic carbocycles. The fourth-order valence-corrected chi connectivity index (χ4v) is 10.3. The first-order chi connectivity index (χ1) is 31.6. The first-order valence-electron chi connectivity index (χ1n) is 22.8. The topological polar surface area (TPSA) is 15.7 Å². The zero-order valence-electron chi connectivity index (χ0n) is 36.4. The fourth-order valence-electron chi connectivity index (χ4n) is 10.3. The number of rotatable bonds is 10. The molecule has 8 aromatic carbocycles. The summed E-state index contributed by atoms with van der Waals surface area (Å²) in [6.45, 7) is 4.71. The number of allylic oxidation sites excluding steroid dienone is 4. The molecule has 0 saturated heterocycles. The highest BCUT2D eigenvalue weighted by Crippen LogP contribution is 2.55. The van der Waals surface area contributed by atoms with Gasteiger partial charge in [-0.3, -0.25) is 0 Å². The van der Waals surface area contributed by atoms with Gasteiger partial charge in [0.25, 0.3) is 0 Å². The molecule has 64 heavy (non-hydrogen) atoms. The first-order valence-corrected chi connectivity index (χ1v) is 22.8. The molecule has 0 bridgehead atoms. The second kappa shape index (κ2) is 16.6. The van der Waals surface area contributed by atoms with E-state index in [1.54, 1.807) is 0 Å². The number of para-hydroxylation sites is 6. The Kier molecular flexibility index (Phi) is 10.2. The number of nitrogens with zero attached hydrogens (tertiary/aromatic N) is 2. The van der Waals surface area contributed by atoms with Gasteiger partial charge in [0.2, 0.25) is 0 Å². The van der Waals surface area contributed by atoms with Gasteiger partial charge < -0.3 is 14.5 Å². The van der Waals surface area contributed by atoms with Crippen molar-refractivity contribution in [3.8, 4) is 33.8 Å². The molecule has 0 fully saturated rings. The third-order valence-corrected chi connectivity index (χ3v) is 13.6. The molecule has 3 nitrogen and oxygen atoms in total. The van der Waals surface area contributed by atoms with Crippen molar-refractivity contribution >= 4 is 51.8 Å². The summed E-state index contributed by atoms with van der Waals surface area (Å²) >= 11 is 0. The van der Waals surface area contributed by atoms with Crippen molar-refractivity contribution < 1.29 is 4.74 Å². The molecule has 1 heterocycles. The van der Waals surface area contributed by atoms with Crippen LogP contribution in [-0.2, 0) is 5.41 Å². The Bertz CT molecular complexity index is 3020. The Labute approximate surface area is 377 Å². The monoisotopic (exact) mass is 826 g/mol. The number of anilines is 6. The van der Waals surface area contributed by atoms with E-state index in [4.69, 9.17) is 4.74 Å². The standard InChI is InChI=1S/C61H50N2O/c1-3-61(4-2)54-40-44(32-37-51(54)52-38-36-50(42-55(52)61)62(48-20-10-6-11-21-48)49-22-12-7-13-23-49)29-28-43-30-33-46(34-31-43)53-41-47(45-18-8-5-9-19-45)35-39-56(53)63-57-24-14-16-26-59(57)64-60-27-17-15-25-58(60)63/h6-8,10-42H,3-5,9H2,1-2H3/b29-28+. The highest BCUT2D eigenvalue weighted by Gasteiger charge is 2.41. The minimum atomic E-state index is -0.0809. The highest BCUT2D eigenvalue weighted by atomic mass is 16.5. The van der Waals surface area contributed by atoms with E-state index >= 15 is 0 Å². The lowest BCUT2D eigenvalue weighted by Gasteiger charge is -2.34. The van der Waals surface area contributed by atoms with Gasteiger partial charge in [0.05, 0.1) is 17.1 Å². The van der Waals surface area contributed by atoms with Gasteiger partial charge in [-0.15, -0.1) is 0 Å². The van der Waals surface area contributed by atoms with Gasteiger partial charge in [-0.05, 0) is 149 Å². The number of ether oxygens (including phenoxy) is 1. The lowest BCUT2D eigenvalue weighted by atomic mass is 9.73. The van der Waals surface area contributed by atoms with Gasteiger partial charge in [0.1, 0.15) is 0 Å². The van der Waals surface area contributed by atoms with Crippen LogP contribution in [-0.4, -0.2) is 0 Å². The summed E-state index contributed by atoms with van der Waals surface area (Å²) in [6, 6.07) is 68.2. The smallest absolute Gasteiger partial charge is 0.151 e. The van der Waals surface area contributed by atoms with Crippen molar-refractivity contribution in [3.05, 3.63) is 234 Å². The Morgan fingerprint density at radius 2 is 1.08 bits per heavy atom. The fraction of sp³-hybridized carbons (Fsp3) is 0.115. The molecule has 0 unspecified atom stereocenters. The van der Waals surface area contributed by atoms with Gasteiger partial charge in [0.15, 0.2) is 11.5 Å². The van der Waals surface area contributed by atoms with Crippen LogP contribution < -0.4 is 14.5 Å². The molecule has 0 aromatic heterocycles. The molecule has 0 radical (unpaired) electrons. The minimum absolute atomic E-state index is 0.0809. The molecule has 0 saturated carbocycles. The summed E-state index contributed by atoms with van der Waals surface area (Å²) in [5.41, 5.74) is 19.3. The van der Waals surface area contributed by atoms with E-state index in [2.05, 4.69) is 230 Å². The van der Waals surface area contributed by atoms with Crippen molar-refractivity contribution in [2.24, 2.45) is 0 Å². The Morgan fingerprint density at radius 3 is 1.72 bits per heavy atom. The van der Waals surface area contributed by atoms with E-state index in [0.29, 0.717) is 0 Å². The van der Waals surface area contributed by atoms with E-state index in [9.17, 15) is 0 Å². The van der Waals surface area contributed by atoms with Crippen LogP contribution in [0, 0.1) is 0 Å². The van der Waals surface area contributed by atoms with E-state index < -0.39 is 0 Å². The summed E-state index contributed by atoms with van der Waals surface area (Å²) in [7, 11) is 0. The van der Waals surface area contributed by atoms with Crippen molar-refractivity contribution in [2.75, 3.05) is 9.80 Å². The van der Waals surface area contributed by atoms with Crippen LogP contribution in [0.2, 0.25) is 0 Å². The van der Waals surface area contributed by atoms with Crippen LogP contribution in [0.3, 0.4) is 0 Å². The van der Waals surface area contributed by atoms with Crippen LogP contribution in [0.15, 0.2) is 206 Å². The van der Waals surface area contributed by atoms with Crippen molar-refractivity contribution in [1.29, 1.82) is 0 Å². The van der Waals surface area contributed by atoms with Crippen molar-refractivity contribution in [2.45, 2.75) is 44.9 Å². The van der Waals surface area contributed by atoms with Crippen LogP contribution in [0.5, 0.6) is 11.5 Å². The maximum atomic E-state index is 6.41. The lowest BCUT2D eigenvalue weighted by Crippen LogP contribution is -2.23. The minimum Gasteiger partial charge on any atom is -0.453 e. The predicted octanol–water partition coefficient (Wildman–Crippen LogP) is 17.4. The average molecular weight is 827 g/mol. The zero-order chi connectivity index (χ0) is 43.0. The van der Waals surface area contributed by atoms with E-state index in [-0.39, 0.29) is 5.41 Å². The summed E-state index contributed by atoms with van der Waals surface area (Å²) in [4.78, 5) is 4.73. The normalized spacial score (nSPS) is 14.3. The third kappa shape index (κ3) is 6.85. The maximum absolute atomic E-state index is 6.41. The Balaban J connectivity index is 0.928. The molecule has 3 heteroatoms. The summed E-state index contributed by atoms with van der Waals surface area (Å²) in [5.74, 6) is 1.70. The first kappa shape index (κ1) is 39.2. The van der Waals surface area contributed by atoms with E-state index in [0.717, 1.165) is 71.2 Å². The lowest BCUT2D eigenvalue weighted by molar-refractivity contribution is 0.477. The molecule has 0 spiro atoms. The van der Waals surface area contributed by atoms with Crippen molar-refractivity contribution in [1.82, 2.24) is 0 Å². The number of hydrogen-bond acceptors (Lipinski definition) is 3. The second-order valence-corrected chi connectivity index (χ2v) is 17.0. The average Bonchev–Trinajstić information content (AvgIpc) is 3.64. The summed E-state index contributed by atoms with van der Waals surface area (Å²) in [5, 5.41) is 0. The predicted molar refractivity (Wildman–Crippen MR) is 270 cm³/mol. The zero-order valence-corrected chi connectivity index (χ0v) is 36.4. The van der Waals surface area contributed by atoms with Crippen molar-refractivity contribution in [3.63, 3.8) is 0 Å². The molecule has 0 amide bonds. The maximum Gasteiger partial charge on any atom is 0.151 e. The number of hydrogen-bond donors (Lipinski definition) is 0. The molecular weight excluding hydrogens is 777 g/mol. The van der Waals surface area contributed by atoms with Gasteiger partial charge >= 0.3 is 0 Å². The number of benzene rings is 8. The molecule has 8 aromatic rings. The molecule has 0 N–H and O–H groups in total. The number of fused-ring (bicyclic) bond motifs is 5. The van der Waals surface area contributed by atoms with Crippen LogP contribution in [0.25, 0.3) is 40.0 Å². The van der Waals surface area contributed by atoms with Crippen LogP contribution in [0.4, 0.5) is 34.1 Å². The van der Waals surface area contributed by atoms with Crippen LogP contribution in [0.1, 0.15) is 67.3 Å². The quantitative estimate of drug-likeness (QED) is 0.128. The largest absolute Gasteiger partial charge is 0.453 e. The molecular formula is C61H50N2O. The van der Waals surface area contributed by atoms with Crippen LogP contribution >= 0.6 is 0 Å². The van der Waals surface area contributed by atoms with Gasteiger partial charge in [-0.1, -0.05) is 159 Å². The summed E-state index contributed by atoms with van der Waals surface area (Å²) < 4.78 is 6.41. The molecule has 0 atom stereocenters. The molecule has 3 aliphatic rings.